The van der Waals surface area contributed by atoms with E-state index in [9.17, 15) is 14.0 Å². The molecule has 1 aromatic rings. The van der Waals surface area contributed by atoms with E-state index in [4.69, 9.17) is 9.84 Å². The topological polar surface area (TPSA) is 76.5 Å². The lowest BCUT2D eigenvalue weighted by Crippen LogP contribution is -2.28. The summed E-state index contributed by atoms with van der Waals surface area (Å²) in [7, 11) is 0. The van der Waals surface area contributed by atoms with Gasteiger partial charge in [0.1, 0.15) is 11.4 Å². The van der Waals surface area contributed by atoms with Crippen molar-refractivity contribution in [1.29, 1.82) is 0 Å². The van der Waals surface area contributed by atoms with Crippen LogP contribution in [0.25, 0.3) is 0 Å². The fourth-order valence-electron chi connectivity index (χ4n) is 1.61. The molecule has 0 saturated carbocycles. The maximum Gasteiger partial charge on any atom is 0.307 e. The molecule has 1 atom stereocenters. The van der Waals surface area contributed by atoms with E-state index >= 15 is 0 Å². The highest BCUT2D eigenvalue weighted by Crippen LogP contribution is 2.16. The largest absolute Gasteiger partial charge is 0.481 e. The van der Waals surface area contributed by atoms with Gasteiger partial charge in [0.15, 0.2) is 0 Å². The zero-order chi connectivity index (χ0) is 15.3. The van der Waals surface area contributed by atoms with Crippen LogP contribution in [0.2, 0.25) is 0 Å². The van der Waals surface area contributed by atoms with Gasteiger partial charge in [-0.1, -0.05) is 0 Å². The smallest absolute Gasteiger partial charge is 0.307 e. The van der Waals surface area contributed by atoms with Crippen molar-refractivity contribution in [3.8, 4) is 0 Å². The number of carboxylic acid groups (broad SMARTS) is 1. The van der Waals surface area contributed by atoms with Crippen LogP contribution in [0.5, 0.6) is 0 Å². The number of rotatable bonds is 5. The Balaban J connectivity index is 2.68. The number of carbonyl (C=O) groups excluding carboxylic acids is 1. The van der Waals surface area contributed by atoms with E-state index in [0.717, 1.165) is 6.20 Å². The Morgan fingerprint density at radius 3 is 2.50 bits per heavy atom. The average Bonchev–Trinajstić information content (AvgIpc) is 2.28. The van der Waals surface area contributed by atoms with Gasteiger partial charge in [0.25, 0.3) is 0 Å². The van der Waals surface area contributed by atoms with Gasteiger partial charge < -0.3 is 9.84 Å². The Kier molecular flexibility index (Phi) is 5.19. The molecular weight excluding hydrogens is 265 g/mol. The minimum Gasteiger partial charge on any atom is -0.481 e. The molecule has 0 aromatic carbocycles. The number of pyridine rings is 1. The maximum atomic E-state index is 12.7. The maximum absolute atomic E-state index is 12.7. The molecule has 0 spiro atoms. The van der Waals surface area contributed by atoms with Gasteiger partial charge in [-0.15, -0.1) is 0 Å². The lowest BCUT2D eigenvalue weighted by molar-refractivity contribution is -0.159. The summed E-state index contributed by atoms with van der Waals surface area (Å²) in [5.74, 6) is -3.12. The third-order valence-corrected chi connectivity index (χ3v) is 2.43. The van der Waals surface area contributed by atoms with Crippen LogP contribution in [-0.2, 0) is 20.7 Å². The van der Waals surface area contributed by atoms with Crippen molar-refractivity contribution in [2.75, 3.05) is 0 Å². The normalized spacial score (nSPS) is 12.8. The Hall–Kier alpha value is -1.98. The molecule has 0 aliphatic heterocycles. The van der Waals surface area contributed by atoms with Crippen molar-refractivity contribution in [3.63, 3.8) is 0 Å². The minimum atomic E-state index is -1.11. The molecule has 1 aromatic heterocycles. The van der Waals surface area contributed by atoms with Crippen LogP contribution in [-0.4, -0.2) is 27.6 Å². The van der Waals surface area contributed by atoms with Crippen LogP contribution in [0, 0.1) is 11.7 Å². The standard InChI is InChI=1S/C14H18FNO4/c1-14(2,3)20-12(17)7-9(13(18)19)6-11-5-4-10(15)8-16-11/h4-5,8-9H,6-7H2,1-3H3,(H,18,19)/t9-/m1/s1. The molecule has 20 heavy (non-hydrogen) atoms. The first-order valence-electron chi connectivity index (χ1n) is 6.22. The number of carbonyl (C=O) groups is 2. The van der Waals surface area contributed by atoms with E-state index in [1.165, 1.54) is 12.1 Å². The van der Waals surface area contributed by atoms with Crippen molar-refractivity contribution in [2.24, 2.45) is 5.92 Å². The van der Waals surface area contributed by atoms with Crippen LogP contribution >= 0.6 is 0 Å². The van der Waals surface area contributed by atoms with Crippen molar-refractivity contribution in [1.82, 2.24) is 4.98 Å². The molecule has 0 saturated heterocycles. The third kappa shape index (κ3) is 5.77. The summed E-state index contributed by atoms with van der Waals surface area (Å²) in [5.41, 5.74) is -0.240. The van der Waals surface area contributed by atoms with Crippen LogP contribution in [0.1, 0.15) is 32.9 Å². The Bertz CT molecular complexity index is 479. The van der Waals surface area contributed by atoms with Gasteiger partial charge in [-0.25, -0.2) is 4.39 Å². The molecule has 6 heteroatoms. The number of esters is 1. The number of hydrogen-bond donors (Lipinski definition) is 1. The number of aliphatic carboxylic acids is 1. The minimum absolute atomic E-state index is 0.0505. The predicted octanol–water partition coefficient (Wildman–Crippen LogP) is 2.20. The molecular formula is C14H18FNO4. The molecule has 5 nitrogen and oxygen atoms in total. The van der Waals surface area contributed by atoms with Crippen molar-refractivity contribution >= 4 is 11.9 Å². The van der Waals surface area contributed by atoms with Gasteiger partial charge in [0.2, 0.25) is 0 Å². The zero-order valence-electron chi connectivity index (χ0n) is 11.7. The van der Waals surface area contributed by atoms with Crippen molar-refractivity contribution < 1.29 is 23.8 Å². The number of hydrogen-bond acceptors (Lipinski definition) is 4. The van der Waals surface area contributed by atoms with Crippen LogP contribution < -0.4 is 0 Å². The van der Waals surface area contributed by atoms with Crippen LogP contribution in [0.15, 0.2) is 18.3 Å². The summed E-state index contributed by atoms with van der Waals surface area (Å²) in [5, 5.41) is 9.13. The highest BCUT2D eigenvalue weighted by Gasteiger charge is 2.25. The molecule has 0 bridgehead atoms. The summed E-state index contributed by atoms with van der Waals surface area (Å²) >= 11 is 0. The molecule has 0 fully saturated rings. The Morgan fingerprint density at radius 1 is 1.40 bits per heavy atom. The van der Waals surface area contributed by atoms with Crippen molar-refractivity contribution in [3.05, 3.63) is 29.8 Å². The van der Waals surface area contributed by atoms with E-state index in [1.807, 2.05) is 0 Å². The number of ether oxygens (including phenoxy) is 1. The first-order chi connectivity index (χ1) is 9.17. The number of nitrogens with zero attached hydrogens (tertiary/aromatic N) is 1. The second-order valence-electron chi connectivity index (χ2n) is 5.50. The summed E-state index contributed by atoms with van der Waals surface area (Å²) in [6.07, 6.45) is 0.822. The van der Waals surface area contributed by atoms with Gasteiger partial charge in [-0.3, -0.25) is 14.6 Å². The van der Waals surface area contributed by atoms with Gasteiger partial charge in [-0.2, -0.15) is 0 Å². The molecule has 0 radical (unpaired) electrons. The predicted molar refractivity (Wildman–Crippen MR) is 69.5 cm³/mol. The lowest BCUT2D eigenvalue weighted by atomic mass is 9.99. The summed E-state index contributed by atoms with van der Waals surface area (Å²) in [4.78, 5) is 26.6. The van der Waals surface area contributed by atoms with E-state index in [1.54, 1.807) is 20.8 Å². The number of halogens is 1. The van der Waals surface area contributed by atoms with Crippen LogP contribution in [0.3, 0.4) is 0 Å². The van der Waals surface area contributed by atoms with E-state index < -0.39 is 29.3 Å². The summed E-state index contributed by atoms with van der Waals surface area (Å²) in [6, 6.07) is 2.61. The van der Waals surface area contributed by atoms with Gasteiger partial charge in [0, 0.05) is 12.1 Å². The molecule has 0 unspecified atom stereocenters. The average molecular weight is 283 g/mol. The SMILES string of the molecule is CC(C)(C)OC(=O)C[C@@H](Cc1ccc(F)cn1)C(=O)O. The fraction of sp³-hybridized carbons (Fsp3) is 0.500. The summed E-state index contributed by atoms with van der Waals surface area (Å²) in [6.45, 7) is 5.13. The molecule has 1 heterocycles. The van der Waals surface area contributed by atoms with Gasteiger partial charge in [-0.05, 0) is 32.9 Å². The van der Waals surface area contributed by atoms with Crippen molar-refractivity contribution in [2.45, 2.75) is 39.2 Å². The molecule has 0 aliphatic carbocycles. The lowest BCUT2D eigenvalue weighted by Gasteiger charge is -2.20. The monoisotopic (exact) mass is 283 g/mol. The number of aromatic nitrogens is 1. The highest BCUT2D eigenvalue weighted by atomic mass is 19.1. The molecule has 0 aliphatic rings. The quantitative estimate of drug-likeness (QED) is 0.838. The van der Waals surface area contributed by atoms with Gasteiger partial charge >= 0.3 is 11.9 Å². The number of carboxylic acids is 1. The first-order valence-corrected chi connectivity index (χ1v) is 6.22. The summed E-state index contributed by atoms with van der Waals surface area (Å²) < 4.78 is 17.8. The first kappa shape index (κ1) is 16.1. The molecule has 0 amide bonds. The fourth-order valence-corrected chi connectivity index (χ4v) is 1.61. The highest BCUT2D eigenvalue weighted by molar-refractivity contribution is 5.79. The van der Waals surface area contributed by atoms with E-state index in [-0.39, 0.29) is 12.8 Å². The molecule has 1 N–H and O–H groups in total. The van der Waals surface area contributed by atoms with E-state index in [2.05, 4.69) is 4.98 Å². The Labute approximate surface area is 116 Å². The molecule has 110 valence electrons. The Morgan fingerprint density at radius 2 is 2.05 bits per heavy atom. The zero-order valence-corrected chi connectivity index (χ0v) is 11.7. The van der Waals surface area contributed by atoms with E-state index in [0.29, 0.717) is 5.69 Å². The van der Waals surface area contributed by atoms with Crippen LogP contribution in [0.4, 0.5) is 4.39 Å². The third-order valence-electron chi connectivity index (χ3n) is 2.43. The second-order valence-corrected chi connectivity index (χ2v) is 5.50. The molecule has 1 rings (SSSR count). The second kappa shape index (κ2) is 6.45. The van der Waals surface area contributed by atoms with Gasteiger partial charge in [0.05, 0.1) is 18.5 Å².